The van der Waals surface area contributed by atoms with Crippen LogP contribution in [0.3, 0.4) is 0 Å². The van der Waals surface area contributed by atoms with Crippen molar-refractivity contribution in [3.63, 3.8) is 0 Å². The normalized spacial score (nSPS) is 18.6. The molecule has 0 saturated carbocycles. The van der Waals surface area contributed by atoms with E-state index < -0.39 is 0 Å². The zero-order valence-electron chi connectivity index (χ0n) is 16.4. The Kier molecular flexibility index (Phi) is 8.26. The summed E-state index contributed by atoms with van der Waals surface area (Å²) in [4.78, 5) is 0. The lowest BCUT2D eigenvalue weighted by molar-refractivity contribution is 0.354. The molecule has 0 aliphatic carbocycles. The van der Waals surface area contributed by atoms with Crippen LogP contribution < -0.4 is 19.5 Å². The molecule has 1 aliphatic heterocycles. The van der Waals surface area contributed by atoms with E-state index in [9.17, 15) is 0 Å². The van der Waals surface area contributed by atoms with Crippen molar-refractivity contribution < 1.29 is 14.2 Å². The minimum atomic E-state index is 0. The minimum absolute atomic E-state index is 0. The number of ether oxygens (including phenoxy) is 3. The second-order valence-corrected chi connectivity index (χ2v) is 6.92. The average molecular weight is 392 g/mol. The summed E-state index contributed by atoms with van der Waals surface area (Å²) in [6.07, 6.45) is 5.77. The maximum absolute atomic E-state index is 5.41. The smallest absolute Gasteiger partial charge is 0.160 e. The largest absolute Gasteiger partial charge is 0.497 e. The van der Waals surface area contributed by atoms with Crippen LogP contribution in [0.15, 0.2) is 42.5 Å². The monoisotopic (exact) mass is 391 g/mol. The van der Waals surface area contributed by atoms with Crippen LogP contribution in [0.25, 0.3) is 0 Å². The molecule has 1 heterocycles. The Balaban J connectivity index is 0.00000261. The number of methoxy groups -OCH3 is 3. The first-order chi connectivity index (χ1) is 12.7. The van der Waals surface area contributed by atoms with Gasteiger partial charge in [-0.2, -0.15) is 0 Å². The molecule has 27 heavy (non-hydrogen) atoms. The molecule has 0 radical (unpaired) electrons. The molecule has 2 atom stereocenters. The van der Waals surface area contributed by atoms with Crippen LogP contribution in [0.1, 0.15) is 30.4 Å². The van der Waals surface area contributed by atoms with E-state index in [2.05, 4.69) is 29.6 Å². The van der Waals surface area contributed by atoms with Gasteiger partial charge >= 0.3 is 0 Å². The van der Waals surface area contributed by atoms with Gasteiger partial charge in [0, 0.05) is 12.1 Å². The van der Waals surface area contributed by atoms with E-state index >= 15 is 0 Å². The van der Waals surface area contributed by atoms with Gasteiger partial charge in [-0.05, 0) is 67.5 Å². The number of rotatable bonds is 8. The third-order valence-corrected chi connectivity index (χ3v) is 5.21. The van der Waals surface area contributed by atoms with E-state index in [4.69, 9.17) is 14.2 Å². The molecule has 1 N–H and O–H groups in total. The molecule has 1 aliphatic rings. The number of hydrogen-bond acceptors (Lipinski definition) is 4. The van der Waals surface area contributed by atoms with Gasteiger partial charge in [-0.3, -0.25) is 0 Å². The van der Waals surface area contributed by atoms with Crippen molar-refractivity contribution in [2.24, 2.45) is 0 Å². The summed E-state index contributed by atoms with van der Waals surface area (Å²) < 4.78 is 16.0. The number of hydrogen-bond donors (Lipinski definition) is 1. The van der Waals surface area contributed by atoms with Crippen molar-refractivity contribution in [3.05, 3.63) is 53.6 Å². The lowest BCUT2D eigenvalue weighted by Gasteiger charge is -2.16. The molecular weight excluding hydrogens is 362 g/mol. The van der Waals surface area contributed by atoms with E-state index in [-0.39, 0.29) is 12.4 Å². The van der Waals surface area contributed by atoms with Gasteiger partial charge in [0.2, 0.25) is 0 Å². The van der Waals surface area contributed by atoms with E-state index in [0.717, 1.165) is 30.1 Å². The SMILES string of the molecule is COc1ccc(CC[C@@H]2CC[C@H](Cc3ccc(OC)c(OC)c3)N2)cc1.Cl. The predicted molar refractivity (Wildman–Crippen MR) is 112 cm³/mol. The summed E-state index contributed by atoms with van der Waals surface area (Å²) in [6.45, 7) is 0. The molecular formula is C22H30ClNO3. The lowest BCUT2D eigenvalue weighted by Crippen LogP contribution is -2.31. The molecule has 0 amide bonds. The van der Waals surface area contributed by atoms with Gasteiger partial charge in [0.15, 0.2) is 11.5 Å². The molecule has 0 unspecified atom stereocenters. The van der Waals surface area contributed by atoms with Crippen LogP contribution in [0, 0.1) is 0 Å². The van der Waals surface area contributed by atoms with Crippen LogP contribution in [-0.4, -0.2) is 33.4 Å². The second-order valence-electron chi connectivity index (χ2n) is 6.92. The lowest BCUT2D eigenvalue weighted by atomic mass is 10.0. The molecule has 5 heteroatoms. The fourth-order valence-corrected chi connectivity index (χ4v) is 3.72. The second kappa shape index (κ2) is 10.4. The standard InChI is InChI=1S/C22H29NO3.ClH/c1-24-20-11-5-16(6-12-20)4-8-18-9-10-19(23-18)14-17-7-13-21(25-2)22(15-17)26-3;/h5-7,11-13,15,18-19,23H,4,8-10,14H2,1-3H3;1H/t18-,19-;/m1./s1. The fourth-order valence-electron chi connectivity index (χ4n) is 3.72. The van der Waals surface area contributed by atoms with Gasteiger partial charge in [-0.1, -0.05) is 18.2 Å². The van der Waals surface area contributed by atoms with Crippen molar-refractivity contribution in [1.29, 1.82) is 0 Å². The van der Waals surface area contributed by atoms with Crippen molar-refractivity contribution in [2.75, 3.05) is 21.3 Å². The van der Waals surface area contributed by atoms with Crippen LogP contribution in [0.5, 0.6) is 17.2 Å². The molecule has 4 nitrogen and oxygen atoms in total. The Labute approximate surface area is 168 Å². The number of aryl methyl sites for hydroxylation is 1. The van der Waals surface area contributed by atoms with Gasteiger partial charge in [-0.25, -0.2) is 0 Å². The van der Waals surface area contributed by atoms with E-state index in [1.165, 1.54) is 30.4 Å². The Morgan fingerprint density at radius 2 is 1.48 bits per heavy atom. The molecule has 1 fully saturated rings. The van der Waals surface area contributed by atoms with Crippen LogP contribution in [-0.2, 0) is 12.8 Å². The summed E-state index contributed by atoms with van der Waals surface area (Å²) in [5.74, 6) is 2.51. The molecule has 148 valence electrons. The quantitative estimate of drug-likeness (QED) is 0.722. The molecule has 0 spiro atoms. The molecule has 1 saturated heterocycles. The zero-order valence-corrected chi connectivity index (χ0v) is 17.2. The zero-order chi connectivity index (χ0) is 18.4. The molecule has 0 bridgehead atoms. The van der Waals surface area contributed by atoms with E-state index in [1.54, 1.807) is 21.3 Å². The average Bonchev–Trinajstić information content (AvgIpc) is 3.14. The third-order valence-electron chi connectivity index (χ3n) is 5.21. The fraction of sp³-hybridized carbons (Fsp3) is 0.455. The molecule has 2 aromatic rings. The number of benzene rings is 2. The highest BCUT2D eigenvalue weighted by Crippen LogP contribution is 2.29. The summed E-state index contributed by atoms with van der Waals surface area (Å²) >= 11 is 0. The minimum Gasteiger partial charge on any atom is -0.497 e. The molecule has 2 aromatic carbocycles. The van der Waals surface area contributed by atoms with Crippen molar-refractivity contribution in [2.45, 2.75) is 44.2 Å². The summed E-state index contributed by atoms with van der Waals surface area (Å²) in [7, 11) is 5.06. The van der Waals surface area contributed by atoms with Gasteiger partial charge in [-0.15, -0.1) is 12.4 Å². The van der Waals surface area contributed by atoms with Crippen LogP contribution in [0.2, 0.25) is 0 Å². The first kappa shape index (κ1) is 21.4. The van der Waals surface area contributed by atoms with E-state index in [1.807, 2.05) is 18.2 Å². The first-order valence-corrected chi connectivity index (χ1v) is 9.31. The predicted octanol–water partition coefficient (Wildman–Crippen LogP) is 4.43. The summed E-state index contributed by atoms with van der Waals surface area (Å²) in [5, 5.41) is 3.80. The van der Waals surface area contributed by atoms with Crippen LogP contribution >= 0.6 is 12.4 Å². The first-order valence-electron chi connectivity index (χ1n) is 9.31. The summed E-state index contributed by atoms with van der Waals surface area (Å²) in [5.41, 5.74) is 2.66. The number of halogens is 1. The van der Waals surface area contributed by atoms with E-state index in [0.29, 0.717) is 12.1 Å². The van der Waals surface area contributed by atoms with Crippen molar-refractivity contribution >= 4 is 12.4 Å². The highest BCUT2D eigenvalue weighted by molar-refractivity contribution is 5.85. The van der Waals surface area contributed by atoms with Gasteiger partial charge < -0.3 is 19.5 Å². The van der Waals surface area contributed by atoms with Crippen molar-refractivity contribution in [1.82, 2.24) is 5.32 Å². The van der Waals surface area contributed by atoms with Crippen LogP contribution in [0.4, 0.5) is 0 Å². The topological polar surface area (TPSA) is 39.7 Å². The molecule has 0 aromatic heterocycles. The maximum atomic E-state index is 5.41. The third kappa shape index (κ3) is 5.78. The van der Waals surface area contributed by atoms with Gasteiger partial charge in [0.05, 0.1) is 21.3 Å². The Morgan fingerprint density at radius 1 is 0.815 bits per heavy atom. The number of nitrogens with one attached hydrogen (secondary N) is 1. The van der Waals surface area contributed by atoms with Gasteiger partial charge in [0.25, 0.3) is 0 Å². The molecule has 3 rings (SSSR count). The van der Waals surface area contributed by atoms with Gasteiger partial charge in [0.1, 0.15) is 5.75 Å². The Hall–Kier alpha value is -1.91. The maximum Gasteiger partial charge on any atom is 0.160 e. The highest BCUT2D eigenvalue weighted by Gasteiger charge is 2.23. The summed E-state index contributed by atoms with van der Waals surface area (Å²) in [6, 6.07) is 15.7. The Bertz CT molecular complexity index is 705. The highest BCUT2D eigenvalue weighted by atomic mass is 35.5. The van der Waals surface area contributed by atoms with Crippen molar-refractivity contribution in [3.8, 4) is 17.2 Å². The Morgan fingerprint density at radius 3 is 2.15 bits per heavy atom.